The van der Waals surface area contributed by atoms with Gasteiger partial charge in [-0.3, -0.25) is 9.78 Å². The van der Waals surface area contributed by atoms with Gasteiger partial charge in [-0.15, -0.1) is 0 Å². The molecular weight excluding hydrogens is 318 g/mol. The molecule has 1 amide bonds. The van der Waals surface area contributed by atoms with Gasteiger partial charge in [0, 0.05) is 19.3 Å². The fraction of sp³-hybridized carbons (Fsp3) is 0.600. The summed E-state index contributed by atoms with van der Waals surface area (Å²) < 4.78 is 30.6. The molecule has 2 aliphatic rings. The number of carbonyl (C=O) groups excluding carboxylic acids is 1. The Morgan fingerprint density at radius 1 is 1.48 bits per heavy atom. The zero-order valence-corrected chi connectivity index (χ0v) is 14.0. The molecule has 3 heterocycles. The lowest BCUT2D eigenvalue weighted by Gasteiger charge is -2.32. The van der Waals surface area contributed by atoms with Crippen LogP contribution in [0.25, 0.3) is 0 Å². The van der Waals surface area contributed by atoms with Gasteiger partial charge in [-0.05, 0) is 37.8 Å². The van der Waals surface area contributed by atoms with Crippen molar-refractivity contribution in [3.05, 3.63) is 24.0 Å². The fourth-order valence-corrected chi connectivity index (χ4v) is 4.06. The van der Waals surface area contributed by atoms with E-state index in [4.69, 9.17) is 4.74 Å². The summed E-state index contributed by atoms with van der Waals surface area (Å²) in [5, 5.41) is 2.84. The predicted octanol–water partition coefficient (Wildman–Crippen LogP) is 0.768. The molecule has 126 valence electrons. The zero-order chi connectivity index (χ0) is 16.6. The first-order valence-corrected chi connectivity index (χ1v) is 9.52. The quantitative estimate of drug-likeness (QED) is 0.878. The number of aromatic nitrogens is 1. The third kappa shape index (κ3) is 3.54. The van der Waals surface area contributed by atoms with Crippen LogP contribution in [-0.2, 0) is 19.6 Å². The van der Waals surface area contributed by atoms with Crippen LogP contribution in [0.1, 0.15) is 18.5 Å². The minimum atomic E-state index is -3.21. The van der Waals surface area contributed by atoms with Crippen LogP contribution in [0.2, 0.25) is 0 Å². The number of nitrogens with zero attached hydrogens (tertiary/aromatic N) is 2. The largest absolute Gasteiger partial charge is 0.363 e. The van der Waals surface area contributed by atoms with Crippen LogP contribution >= 0.6 is 0 Å². The van der Waals surface area contributed by atoms with Gasteiger partial charge in [-0.2, -0.15) is 4.31 Å². The van der Waals surface area contributed by atoms with Gasteiger partial charge in [0.2, 0.25) is 10.0 Å². The van der Waals surface area contributed by atoms with Crippen molar-refractivity contribution >= 4 is 21.6 Å². The number of ether oxygens (including phenoxy) is 1. The Morgan fingerprint density at radius 2 is 2.26 bits per heavy atom. The number of amides is 1. The molecule has 2 aliphatic heterocycles. The first-order valence-electron chi connectivity index (χ1n) is 7.67. The van der Waals surface area contributed by atoms with E-state index in [1.807, 2.05) is 6.92 Å². The molecule has 7 nitrogen and oxygen atoms in total. The molecule has 1 aromatic heterocycles. The number of rotatable bonds is 3. The van der Waals surface area contributed by atoms with Crippen molar-refractivity contribution in [3.8, 4) is 0 Å². The van der Waals surface area contributed by atoms with Gasteiger partial charge < -0.3 is 10.1 Å². The van der Waals surface area contributed by atoms with Crippen LogP contribution in [0.3, 0.4) is 0 Å². The third-order valence-electron chi connectivity index (χ3n) is 4.54. The molecule has 0 spiro atoms. The molecule has 3 rings (SSSR count). The molecule has 2 fully saturated rings. The molecule has 8 heteroatoms. The van der Waals surface area contributed by atoms with Crippen LogP contribution in [0, 0.1) is 12.8 Å². The summed E-state index contributed by atoms with van der Waals surface area (Å²) in [5.41, 5.74) is 1.42. The molecule has 0 radical (unpaired) electrons. The molecule has 0 aromatic carbocycles. The van der Waals surface area contributed by atoms with Gasteiger partial charge in [-0.1, -0.05) is 0 Å². The van der Waals surface area contributed by atoms with E-state index in [0.29, 0.717) is 25.2 Å². The normalized spacial score (nSPS) is 28.3. The number of aryl methyl sites for hydroxylation is 1. The van der Waals surface area contributed by atoms with Gasteiger partial charge in [-0.25, -0.2) is 8.42 Å². The van der Waals surface area contributed by atoms with Crippen LogP contribution in [0.4, 0.5) is 5.69 Å². The number of pyridine rings is 1. The maximum atomic E-state index is 12.4. The minimum Gasteiger partial charge on any atom is -0.363 e. The lowest BCUT2D eigenvalue weighted by atomic mass is 9.93. The monoisotopic (exact) mass is 339 g/mol. The van der Waals surface area contributed by atoms with Crippen molar-refractivity contribution in [2.24, 2.45) is 5.92 Å². The molecule has 0 unspecified atom stereocenters. The highest BCUT2D eigenvalue weighted by Gasteiger charge is 2.43. The summed E-state index contributed by atoms with van der Waals surface area (Å²) in [4.78, 5) is 16.5. The maximum Gasteiger partial charge on any atom is 0.253 e. The summed E-state index contributed by atoms with van der Waals surface area (Å²) >= 11 is 0. The second-order valence-corrected chi connectivity index (χ2v) is 8.18. The highest BCUT2D eigenvalue weighted by atomic mass is 32.2. The number of fused-ring (bicyclic) bond motifs is 1. The number of piperidine rings is 1. The first-order chi connectivity index (χ1) is 10.8. The Kier molecular flexibility index (Phi) is 4.39. The van der Waals surface area contributed by atoms with Gasteiger partial charge in [0.15, 0.2) is 0 Å². The Bertz CT molecular complexity index is 706. The van der Waals surface area contributed by atoms with Crippen molar-refractivity contribution in [2.45, 2.75) is 32.0 Å². The number of nitrogens with one attached hydrogen (secondary N) is 1. The molecule has 23 heavy (non-hydrogen) atoms. The van der Waals surface area contributed by atoms with E-state index in [1.54, 1.807) is 18.3 Å². The van der Waals surface area contributed by atoms with E-state index in [9.17, 15) is 13.2 Å². The highest BCUT2D eigenvalue weighted by Crippen LogP contribution is 2.34. The fourth-order valence-electron chi connectivity index (χ4n) is 3.20. The lowest BCUT2D eigenvalue weighted by Crippen LogP contribution is -2.44. The molecule has 0 aliphatic carbocycles. The minimum absolute atomic E-state index is 0.193. The summed E-state index contributed by atoms with van der Waals surface area (Å²) in [6, 6.07) is 3.56. The number of sulfonamides is 1. The zero-order valence-electron chi connectivity index (χ0n) is 13.2. The van der Waals surface area contributed by atoms with Crippen LogP contribution in [0.15, 0.2) is 18.3 Å². The van der Waals surface area contributed by atoms with E-state index in [1.165, 1.54) is 10.6 Å². The number of anilines is 1. The molecule has 3 atom stereocenters. The maximum absolute atomic E-state index is 12.4. The van der Waals surface area contributed by atoms with Crippen LogP contribution < -0.4 is 5.32 Å². The van der Waals surface area contributed by atoms with Crippen molar-refractivity contribution in [3.63, 3.8) is 0 Å². The van der Waals surface area contributed by atoms with Crippen LogP contribution in [0.5, 0.6) is 0 Å². The third-order valence-corrected chi connectivity index (χ3v) is 5.81. The van der Waals surface area contributed by atoms with E-state index in [-0.39, 0.29) is 17.9 Å². The summed E-state index contributed by atoms with van der Waals surface area (Å²) in [6.45, 7) is 2.66. The van der Waals surface area contributed by atoms with Gasteiger partial charge in [0.1, 0.15) is 6.10 Å². The highest BCUT2D eigenvalue weighted by molar-refractivity contribution is 7.88. The topological polar surface area (TPSA) is 88.6 Å². The van der Waals surface area contributed by atoms with E-state index < -0.39 is 16.1 Å². The summed E-state index contributed by atoms with van der Waals surface area (Å²) in [7, 11) is -3.21. The Labute approximate surface area is 136 Å². The molecule has 0 saturated carbocycles. The molecule has 2 saturated heterocycles. The van der Waals surface area contributed by atoms with Gasteiger partial charge in [0.05, 0.1) is 23.7 Å². The number of hydrogen-bond acceptors (Lipinski definition) is 5. The van der Waals surface area contributed by atoms with Gasteiger partial charge >= 0.3 is 0 Å². The van der Waals surface area contributed by atoms with E-state index in [2.05, 4.69) is 10.3 Å². The number of carbonyl (C=O) groups is 1. The second kappa shape index (κ2) is 6.18. The van der Waals surface area contributed by atoms with E-state index in [0.717, 1.165) is 12.1 Å². The lowest BCUT2D eigenvalue weighted by molar-refractivity contribution is -0.127. The molecule has 1 aromatic rings. The smallest absolute Gasteiger partial charge is 0.253 e. The Balaban J connectivity index is 1.64. The summed E-state index contributed by atoms with van der Waals surface area (Å²) in [5.74, 6) is 0.0418. The Hall–Kier alpha value is -1.51. The average Bonchev–Trinajstić information content (AvgIpc) is 2.92. The second-order valence-electron chi connectivity index (χ2n) is 6.19. The first kappa shape index (κ1) is 16.4. The Morgan fingerprint density at radius 3 is 2.96 bits per heavy atom. The molecule has 0 bridgehead atoms. The van der Waals surface area contributed by atoms with Crippen molar-refractivity contribution < 1.29 is 17.9 Å². The van der Waals surface area contributed by atoms with Crippen molar-refractivity contribution in [1.29, 1.82) is 0 Å². The molecular formula is C15H21N3O4S. The predicted molar refractivity (Wildman–Crippen MR) is 85.4 cm³/mol. The van der Waals surface area contributed by atoms with Crippen molar-refractivity contribution in [2.75, 3.05) is 24.7 Å². The average molecular weight is 339 g/mol. The SMILES string of the molecule is Cc1ncccc1NC(=O)[C@@H]1C[C@H]2CCN(S(C)(=O)=O)C[C@@H]2O1. The van der Waals surface area contributed by atoms with Gasteiger partial charge in [0.25, 0.3) is 5.91 Å². The number of hydrogen-bond donors (Lipinski definition) is 1. The van der Waals surface area contributed by atoms with Crippen LogP contribution in [-0.4, -0.2) is 55.2 Å². The van der Waals surface area contributed by atoms with Crippen molar-refractivity contribution in [1.82, 2.24) is 9.29 Å². The van der Waals surface area contributed by atoms with E-state index >= 15 is 0 Å². The molecule has 1 N–H and O–H groups in total. The summed E-state index contributed by atoms with van der Waals surface area (Å²) in [6.07, 6.45) is 3.50. The standard InChI is InChI=1S/C15H21N3O4S/c1-10-12(4-3-6-16-10)17-15(19)13-8-11-5-7-18(23(2,20)21)9-14(11)22-13/h3-4,6,11,13-14H,5,7-9H2,1-2H3,(H,17,19)/t11-,13+,14+/m1/s1.